The molecular formula is C36H30N5S+. The van der Waals surface area contributed by atoms with E-state index in [4.69, 9.17) is 10.7 Å². The first-order valence-corrected chi connectivity index (χ1v) is 15.1. The average Bonchev–Trinajstić information content (AvgIpc) is 3.71. The van der Waals surface area contributed by atoms with Crippen LogP contribution in [0.5, 0.6) is 0 Å². The second kappa shape index (κ2) is 9.87. The van der Waals surface area contributed by atoms with Crippen molar-refractivity contribution in [3.8, 4) is 16.3 Å². The van der Waals surface area contributed by atoms with Crippen LogP contribution in [-0.2, 0) is 0 Å². The van der Waals surface area contributed by atoms with Crippen molar-refractivity contribution in [3.05, 3.63) is 133 Å². The highest BCUT2D eigenvalue weighted by Crippen LogP contribution is 2.47. The number of thiophene rings is 1. The Morgan fingerprint density at radius 3 is 2.31 bits per heavy atom. The van der Waals surface area contributed by atoms with Gasteiger partial charge in [0.05, 0.1) is 41.1 Å². The standard InChI is InChI=1S/C36H29N5S/c1-38-33-27-14-6-10-18-31(27)42-35(33)34-32(37)26-13-5-8-16-29(26)40(34)24-19-21-25(22-20-24)41-30-17-9-7-15-28(30)39-36(41)23-11-3-2-4-12-23/h2-22,30,36,38H,37H2,1H3/p+1. The monoisotopic (exact) mass is 564 g/mol. The molecule has 0 saturated heterocycles. The summed E-state index contributed by atoms with van der Waals surface area (Å²) in [7, 11) is 2.11. The first-order valence-electron chi connectivity index (χ1n) is 14.3. The number of nitrogen functional groups attached to an aromatic ring is 1. The van der Waals surface area contributed by atoms with E-state index in [-0.39, 0.29) is 12.2 Å². The van der Waals surface area contributed by atoms with E-state index in [1.807, 2.05) is 0 Å². The number of anilines is 2. The lowest BCUT2D eigenvalue weighted by molar-refractivity contribution is -0.537. The van der Waals surface area contributed by atoms with Crippen molar-refractivity contribution in [2.45, 2.75) is 12.2 Å². The molecule has 3 heterocycles. The fourth-order valence-electron chi connectivity index (χ4n) is 6.45. The Morgan fingerprint density at radius 1 is 0.786 bits per heavy atom. The maximum atomic E-state index is 6.97. The number of fused-ring (bicyclic) bond motifs is 3. The number of para-hydroxylation sites is 1. The molecule has 0 bridgehead atoms. The van der Waals surface area contributed by atoms with Gasteiger partial charge in [-0.1, -0.05) is 78.9 Å². The highest BCUT2D eigenvalue weighted by Gasteiger charge is 2.35. The van der Waals surface area contributed by atoms with Crippen molar-refractivity contribution < 1.29 is 5.32 Å². The molecule has 0 amide bonds. The minimum absolute atomic E-state index is 0.0794. The maximum Gasteiger partial charge on any atom is 0.157 e. The zero-order chi connectivity index (χ0) is 28.2. The fourth-order valence-corrected chi connectivity index (χ4v) is 7.74. The van der Waals surface area contributed by atoms with Gasteiger partial charge in [0.1, 0.15) is 11.0 Å². The molecule has 2 atom stereocenters. The third kappa shape index (κ3) is 3.76. The van der Waals surface area contributed by atoms with Crippen LogP contribution in [0.15, 0.2) is 132 Å². The lowest BCUT2D eigenvalue weighted by atomic mass is 10.0. The Morgan fingerprint density at radius 2 is 1.50 bits per heavy atom. The summed E-state index contributed by atoms with van der Waals surface area (Å²) in [6, 6.07) is 36.6. The third-order valence-electron chi connectivity index (χ3n) is 8.36. The van der Waals surface area contributed by atoms with Crippen LogP contribution < -0.4 is 16.0 Å². The number of aromatic nitrogens is 1. The van der Waals surface area contributed by atoms with Gasteiger partial charge in [-0.2, -0.15) is 0 Å². The Kier molecular flexibility index (Phi) is 5.84. The molecule has 2 unspecified atom stereocenters. The molecule has 6 aromatic rings. The smallest absolute Gasteiger partial charge is 0.157 e. The topological polar surface area (TPSA) is 63.2 Å². The number of quaternary nitrogens is 1. The van der Waals surface area contributed by atoms with Gasteiger partial charge in [-0.25, -0.2) is 0 Å². The molecule has 2 aromatic heterocycles. The highest BCUT2D eigenvalue weighted by atomic mass is 32.1. The van der Waals surface area contributed by atoms with Crippen molar-refractivity contribution in [2.24, 2.45) is 4.99 Å². The maximum absolute atomic E-state index is 6.97. The Hall–Kier alpha value is -4.91. The number of aliphatic imine (C=N–C) groups is 1. The summed E-state index contributed by atoms with van der Waals surface area (Å²) in [6.07, 6.45) is 8.47. The number of hydrogen-bond donors (Lipinski definition) is 2. The molecule has 8 rings (SSSR count). The van der Waals surface area contributed by atoms with E-state index in [9.17, 15) is 0 Å². The molecule has 0 fully saturated rings. The lowest BCUT2D eigenvalue weighted by Crippen LogP contribution is -2.72. The van der Waals surface area contributed by atoms with E-state index in [1.165, 1.54) is 26.2 Å². The normalized spacial score (nSPS) is 17.7. The van der Waals surface area contributed by atoms with Crippen LogP contribution in [-0.4, -0.2) is 23.4 Å². The second-order valence-electron chi connectivity index (χ2n) is 10.7. The molecule has 5 nitrogen and oxygen atoms in total. The van der Waals surface area contributed by atoms with E-state index < -0.39 is 0 Å². The van der Waals surface area contributed by atoms with E-state index >= 15 is 0 Å². The van der Waals surface area contributed by atoms with E-state index in [0.717, 1.165) is 39.4 Å². The quantitative estimate of drug-likeness (QED) is 0.230. The SMILES string of the molecule is C[NH2+]c1c(-c2c(N)c3ccccc3n2-c2ccc(N3C4C=CC=CC4=NC3c3ccccc3)cc2)sc2ccccc12. The lowest BCUT2D eigenvalue weighted by Gasteiger charge is -2.31. The van der Waals surface area contributed by atoms with E-state index in [2.05, 4.69) is 149 Å². The Bertz CT molecular complexity index is 2050. The summed E-state index contributed by atoms with van der Waals surface area (Å²) in [5, 5.41) is 4.54. The molecule has 0 saturated carbocycles. The molecule has 2 aliphatic rings. The first-order chi connectivity index (χ1) is 20.7. The number of rotatable bonds is 5. The van der Waals surface area contributed by atoms with Crippen LogP contribution in [0.2, 0.25) is 0 Å². The van der Waals surface area contributed by atoms with Crippen LogP contribution in [0.4, 0.5) is 17.1 Å². The van der Waals surface area contributed by atoms with Crippen LogP contribution in [0.25, 0.3) is 37.2 Å². The van der Waals surface area contributed by atoms with E-state index in [1.54, 1.807) is 11.3 Å². The van der Waals surface area contributed by atoms with Gasteiger partial charge in [-0.15, -0.1) is 11.3 Å². The number of benzene rings is 4. The van der Waals surface area contributed by atoms with Gasteiger partial charge >= 0.3 is 0 Å². The van der Waals surface area contributed by atoms with Crippen LogP contribution >= 0.6 is 11.3 Å². The molecule has 0 spiro atoms. The molecule has 42 heavy (non-hydrogen) atoms. The summed E-state index contributed by atoms with van der Waals surface area (Å²) in [5.41, 5.74) is 15.7. The van der Waals surface area contributed by atoms with Gasteiger partial charge in [-0.05, 0) is 54.1 Å². The van der Waals surface area contributed by atoms with Crippen LogP contribution in [0.3, 0.4) is 0 Å². The Balaban J connectivity index is 1.28. The highest BCUT2D eigenvalue weighted by molar-refractivity contribution is 7.23. The second-order valence-corrected chi connectivity index (χ2v) is 11.7. The molecule has 1 aliphatic heterocycles. The van der Waals surface area contributed by atoms with Gasteiger partial charge in [0, 0.05) is 21.5 Å². The predicted octanol–water partition coefficient (Wildman–Crippen LogP) is 7.37. The van der Waals surface area contributed by atoms with Gasteiger partial charge in [0.2, 0.25) is 0 Å². The first kappa shape index (κ1) is 24.9. The number of allylic oxidation sites excluding steroid dienone is 2. The van der Waals surface area contributed by atoms with Gasteiger partial charge in [0.25, 0.3) is 0 Å². The molecular weight excluding hydrogens is 534 g/mol. The van der Waals surface area contributed by atoms with E-state index in [0.29, 0.717) is 0 Å². The van der Waals surface area contributed by atoms with Crippen molar-refractivity contribution >= 4 is 55.1 Å². The molecule has 1 aliphatic carbocycles. The average molecular weight is 565 g/mol. The van der Waals surface area contributed by atoms with Crippen molar-refractivity contribution in [2.75, 3.05) is 17.7 Å². The fraction of sp³-hybridized carbons (Fsp3) is 0.0833. The summed E-state index contributed by atoms with van der Waals surface area (Å²) in [4.78, 5) is 8.74. The molecule has 4 N–H and O–H groups in total. The predicted molar refractivity (Wildman–Crippen MR) is 177 cm³/mol. The van der Waals surface area contributed by atoms with Gasteiger partial charge < -0.3 is 20.5 Å². The molecule has 0 radical (unpaired) electrons. The molecule has 4 aromatic carbocycles. The van der Waals surface area contributed by atoms with Crippen molar-refractivity contribution in [3.63, 3.8) is 0 Å². The van der Waals surface area contributed by atoms with Crippen LogP contribution in [0, 0.1) is 0 Å². The number of nitrogens with two attached hydrogens (primary N) is 2. The summed E-state index contributed by atoms with van der Waals surface area (Å²) < 4.78 is 3.59. The number of nitrogens with zero attached hydrogens (tertiary/aromatic N) is 3. The largest absolute Gasteiger partial charge is 0.396 e. The number of hydrogen-bond acceptors (Lipinski definition) is 4. The van der Waals surface area contributed by atoms with Gasteiger partial charge in [0.15, 0.2) is 5.69 Å². The zero-order valence-corrected chi connectivity index (χ0v) is 24.0. The minimum Gasteiger partial charge on any atom is -0.396 e. The summed E-state index contributed by atoms with van der Waals surface area (Å²) in [6.45, 7) is 0. The van der Waals surface area contributed by atoms with Crippen LogP contribution in [0.1, 0.15) is 11.7 Å². The molecule has 6 heteroatoms. The summed E-state index contributed by atoms with van der Waals surface area (Å²) in [5.74, 6) is 0. The van der Waals surface area contributed by atoms with Crippen molar-refractivity contribution in [1.82, 2.24) is 4.57 Å². The molecule has 204 valence electrons. The van der Waals surface area contributed by atoms with Gasteiger partial charge in [-0.3, -0.25) is 4.99 Å². The minimum atomic E-state index is -0.0794. The third-order valence-corrected chi connectivity index (χ3v) is 9.56. The zero-order valence-electron chi connectivity index (χ0n) is 23.2. The Labute approximate surface area is 248 Å². The van der Waals surface area contributed by atoms with Crippen molar-refractivity contribution in [1.29, 1.82) is 0 Å². The summed E-state index contributed by atoms with van der Waals surface area (Å²) >= 11 is 1.80.